The van der Waals surface area contributed by atoms with E-state index in [1.54, 1.807) is 6.07 Å². The van der Waals surface area contributed by atoms with Crippen molar-refractivity contribution in [2.75, 3.05) is 25.0 Å². The van der Waals surface area contributed by atoms with E-state index in [-0.39, 0.29) is 5.56 Å². The minimum absolute atomic E-state index is 0.195. The molecular weight excluding hydrogens is 408 g/mol. The molecule has 0 unspecified atom stereocenters. The number of hydrogen-bond donors (Lipinski definition) is 3. The van der Waals surface area contributed by atoms with Crippen LogP contribution in [0.1, 0.15) is 42.6 Å². The van der Waals surface area contributed by atoms with Crippen molar-refractivity contribution >= 4 is 27.6 Å². The van der Waals surface area contributed by atoms with Crippen LogP contribution in [-0.4, -0.2) is 30.7 Å². The fourth-order valence-electron chi connectivity index (χ4n) is 2.48. The summed E-state index contributed by atoms with van der Waals surface area (Å²) >= 11 is 3.45. The van der Waals surface area contributed by atoms with Crippen LogP contribution >= 0.6 is 15.9 Å². The third-order valence-corrected chi connectivity index (χ3v) is 4.39. The van der Waals surface area contributed by atoms with Gasteiger partial charge in [-0.25, -0.2) is 4.79 Å². The molecule has 0 spiro atoms. The Morgan fingerprint density at radius 1 is 1.15 bits per heavy atom. The van der Waals surface area contributed by atoms with Crippen LogP contribution in [0.4, 0.5) is 5.69 Å². The lowest BCUT2D eigenvalue weighted by Crippen LogP contribution is -2.82. The number of quaternary nitrogens is 1. The Morgan fingerprint density at radius 3 is 2.48 bits per heavy atom. The van der Waals surface area contributed by atoms with Crippen LogP contribution in [0.2, 0.25) is 0 Å². The second-order valence-electron chi connectivity index (χ2n) is 6.14. The lowest BCUT2D eigenvalue weighted by Gasteiger charge is -2.13. The molecule has 27 heavy (non-hydrogen) atoms. The molecule has 6 heteroatoms. The van der Waals surface area contributed by atoms with Crippen LogP contribution in [0.15, 0.2) is 46.9 Å². The van der Waals surface area contributed by atoms with Crippen molar-refractivity contribution in [3.05, 3.63) is 58.1 Å². The first-order valence-electron chi connectivity index (χ1n) is 9.32. The number of aromatic carboxylic acids is 1. The van der Waals surface area contributed by atoms with Gasteiger partial charge in [-0.3, -0.25) is 0 Å². The number of halogens is 1. The average molecular weight is 437 g/mol. The van der Waals surface area contributed by atoms with Crippen LogP contribution in [0, 0.1) is 0 Å². The van der Waals surface area contributed by atoms with Gasteiger partial charge in [0, 0.05) is 16.7 Å². The first-order valence-corrected chi connectivity index (χ1v) is 10.1. The maximum absolute atomic E-state index is 11.4. The molecule has 0 aliphatic heterocycles. The Labute approximate surface area is 169 Å². The van der Waals surface area contributed by atoms with Gasteiger partial charge in [-0.05, 0) is 62.9 Å². The fourth-order valence-corrected chi connectivity index (χ4v) is 2.92. The Hall–Kier alpha value is -2.05. The Kier molecular flexibility index (Phi) is 11.2. The van der Waals surface area contributed by atoms with Crippen LogP contribution in [0.25, 0.3) is 0 Å². The molecule has 0 radical (unpaired) electrons. The second kappa shape index (κ2) is 13.2. The molecule has 0 fully saturated rings. The first kappa shape index (κ1) is 23.0. The SMILES string of the molecule is CC[NH2+]CC.O=C(O)c1cc(NCCCCc2cccc(Br)c2)ccc1[O-]. The van der Waals surface area contributed by atoms with Gasteiger partial charge in [0.15, 0.2) is 0 Å². The van der Waals surface area contributed by atoms with Gasteiger partial charge in [-0.1, -0.05) is 39.9 Å². The molecule has 4 N–H and O–H groups in total. The Bertz CT molecular complexity index is 706. The van der Waals surface area contributed by atoms with E-state index in [1.807, 2.05) is 12.1 Å². The molecule has 2 aromatic carbocycles. The highest BCUT2D eigenvalue weighted by atomic mass is 79.9. The molecule has 0 saturated carbocycles. The van der Waals surface area contributed by atoms with Gasteiger partial charge in [-0.2, -0.15) is 0 Å². The highest BCUT2D eigenvalue weighted by Crippen LogP contribution is 2.19. The predicted molar refractivity (Wildman–Crippen MR) is 111 cm³/mol. The molecule has 0 saturated heterocycles. The standard InChI is InChI=1S/C17H18BrNO3.C4H11N/c18-13-6-3-5-12(10-13)4-1-2-9-19-14-7-8-16(20)15(11-14)17(21)22;1-3-5-4-2/h3,5-8,10-11,19-20H,1-2,4,9H2,(H,21,22);5H,3-4H2,1-2H3. The molecule has 0 aliphatic carbocycles. The van der Waals surface area contributed by atoms with Crippen molar-refractivity contribution < 1.29 is 20.3 Å². The van der Waals surface area contributed by atoms with Crippen molar-refractivity contribution in [2.24, 2.45) is 0 Å². The maximum Gasteiger partial charge on any atom is 0.335 e. The molecule has 0 heterocycles. The van der Waals surface area contributed by atoms with Crippen molar-refractivity contribution in [3.8, 4) is 5.75 Å². The number of benzene rings is 2. The van der Waals surface area contributed by atoms with Crippen molar-refractivity contribution in [3.63, 3.8) is 0 Å². The molecule has 2 rings (SSSR count). The lowest BCUT2D eigenvalue weighted by molar-refractivity contribution is -0.648. The van der Waals surface area contributed by atoms with Crippen molar-refractivity contribution in [1.29, 1.82) is 0 Å². The summed E-state index contributed by atoms with van der Waals surface area (Å²) in [6.45, 7) is 7.49. The summed E-state index contributed by atoms with van der Waals surface area (Å²) in [7, 11) is 0. The molecule has 2 aromatic rings. The summed E-state index contributed by atoms with van der Waals surface area (Å²) < 4.78 is 1.09. The van der Waals surface area contributed by atoms with E-state index >= 15 is 0 Å². The maximum atomic E-state index is 11.4. The zero-order valence-electron chi connectivity index (χ0n) is 16.0. The number of rotatable bonds is 9. The third kappa shape index (κ3) is 9.45. The van der Waals surface area contributed by atoms with Gasteiger partial charge in [0.25, 0.3) is 0 Å². The monoisotopic (exact) mass is 436 g/mol. The average Bonchev–Trinajstić information content (AvgIpc) is 2.64. The van der Waals surface area contributed by atoms with Crippen LogP contribution in [0.5, 0.6) is 5.75 Å². The molecule has 0 aliphatic rings. The Balaban J connectivity index is 0.000000646. The highest BCUT2D eigenvalue weighted by Gasteiger charge is 2.04. The van der Waals surface area contributed by atoms with E-state index in [4.69, 9.17) is 5.11 Å². The summed E-state index contributed by atoms with van der Waals surface area (Å²) in [5.74, 6) is -1.66. The number of carbonyl (C=O) groups is 1. The van der Waals surface area contributed by atoms with Gasteiger partial charge in [0.2, 0.25) is 0 Å². The summed E-state index contributed by atoms with van der Waals surface area (Å²) in [4.78, 5) is 10.9. The predicted octanol–water partition coefficient (Wildman–Crippen LogP) is 3.25. The van der Waals surface area contributed by atoms with Crippen molar-refractivity contribution in [1.82, 2.24) is 0 Å². The van der Waals surface area contributed by atoms with Crippen LogP contribution in [0.3, 0.4) is 0 Å². The minimum Gasteiger partial charge on any atom is -0.872 e. The molecule has 5 nitrogen and oxygen atoms in total. The molecule has 0 atom stereocenters. The summed E-state index contributed by atoms with van der Waals surface area (Å²) in [6.07, 6.45) is 3.00. The Morgan fingerprint density at radius 2 is 1.89 bits per heavy atom. The number of carboxylic acids is 1. The topological polar surface area (TPSA) is 89.0 Å². The number of nitrogens with one attached hydrogen (secondary N) is 1. The number of nitrogens with two attached hydrogens (primary N) is 1. The van der Waals surface area contributed by atoms with E-state index in [1.165, 1.54) is 30.8 Å². The van der Waals surface area contributed by atoms with Gasteiger partial charge >= 0.3 is 5.97 Å². The number of unbranched alkanes of at least 4 members (excludes halogenated alkanes) is 1. The molecule has 0 aromatic heterocycles. The second-order valence-corrected chi connectivity index (χ2v) is 7.05. The number of anilines is 1. The third-order valence-electron chi connectivity index (χ3n) is 3.90. The molecule has 148 valence electrons. The lowest BCUT2D eigenvalue weighted by atomic mass is 10.1. The number of carboxylic acid groups (broad SMARTS) is 1. The zero-order chi connectivity index (χ0) is 20.1. The van der Waals surface area contributed by atoms with E-state index in [0.29, 0.717) is 5.69 Å². The van der Waals surface area contributed by atoms with Gasteiger partial charge in [0.05, 0.1) is 18.7 Å². The van der Waals surface area contributed by atoms with Gasteiger partial charge < -0.3 is 20.8 Å². The van der Waals surface area contributed by atoms with E-state index < -0.39 is 11.7 Å². The first-order chi connectivity index (χ1) is 13.0. The van der Waals surface area contributed by atoms with Crippen LogP contribution < -0.4 is 15.7 Å². The summed E-state index contributed by atoms with van der Waals surface area (Å²) in [5, 5.41) is 25.7. The van der Waals surface area contributed by atoms with Crippen molar-refractivity contribution in [2.45, 2.75) is 33.1 Å². The number of aryl methyl sites for hydroxylation is 1. The van der Waals surface area contributed by atoms with Crippen LogP contribution in [-0.2, 0) is 6.42 Å². The molecular formula is C21H29BrN2O3. The fraction of sp³-hybridized carbons (Fsp3) is 0.381. The normalized spacial score (nSPS) is 10.0. The summed E-state index contributed by atoms with van der Waals surface area (Å²) in [5.41, 5.74) is 1.76. The van der Waals surface area contributed by atoms with E-state index in [0.717, 1.165) is 30.3 Å². The number of hydrogen-bond acceptors (Lipinski definition) is 3. The zero-order valence-corrected chi connectivity index (χ0v) is 17.6. The van der Waals surface area contributed by atoms with E-state index in [2.05, 4.69) is 52.5 Å². The quantitative estimate of drug-likeness (QED) is 0.526. The van der Waals surface area contributed by atoms with E-state index in [9.17, 15) is 9.90 Å². The molecule has 0 amide bonds. The highest BCUT2D eigenvalue weighted by molar-refractivity contribution is 9.10. The smallest absolute Gasteiger partial charge is 0.335 e. The summed E-state index contributed by atoms with van der Waals surface area (Å²) in [6, 6.07) is 12.5. The molecule has 0 bridgehead atoms. The van der Waals surface area contributed by atoms with Gasteiger partial charge in [0.1, 0.15) is 0 Å². The van der Waals surface area contributed by atoms with Gasteiger partial charge in [-0.15, -0.1) is 0 Å². The minimum atomic E-state index is -1.19. The largest absolute Gasteiger partial charge is 0.872 e.